The topological polar surface area (TPSA) is 50.9 Å². The van der Waals surface area contributed by atoms with E-state index in [1.165, 1.54) is 50.2 Å². The van der Waals surface area contributed by atoms with Crippen LogP contribution in [0.5, 0.6) is 5.75 Å². The summed E-state index contributed by atoms with van der Waals surface area (Å²) in [6.45, 7) is 9.07. The lowest BCUT2D eigenvalue weighted by Crippen LogP contribution is -2.27. The fourth-order valence-electron chi connectivity index (χ4n) is 9.18. The van der Waals surface area contributed by atoms with Gasteiger partial charge < -0.3 is 5.11 Å². The predicted octanol–water partition coefficient (Wildman–Crippen LogP) is 12.4. The minimum absolute atomic E-state index is 0.104. The van der Waals surface area contributed by atoms with Gasteiger partial charge in [-0.1, -0.05) is 131 Å². The van der Waals surface area contributed by atoms with Crippen LogP contribution in [0.2, 0.25) is 0 Å². The van der Waals surface area contributed by atoms with Gasteiger partial charge in [-0.15, -0.1) is 0 Å². The second-order valence-electron chi connectivity index (χ2n) is 15.5. The minimum atomic E-state index is 0.104. The summed E-state index contributed by atoms with van der Waals surface area (Å²) in [5.74, 6) is 2.07. The average molecular weight is 700 g/mol. The highest BCUT2D eigenvalue weighted by atomic mass is 16.3. The van der Waals surface area contributed by atoms with Crippen molar-refractivity contribution >= 4 is 11.0 Å². The molecule has 4 nitrogen and oxygen atoms in total. The molecule has 54 heavy (non-hydrogen) atoms. The monoisotopic (exact) mass is 699 g/mol. The van der Waals surface area contributed by atoms with Gasteiger partial charge >= 0.3 is 0 Å². The van der Waals surface area contributed by atoms with Gasteiger partial charge in [-0.05, 0) is 98.8 Å². The Morgan fingerprint density at radius 3 is 1.69 bits per heavy atom. The number of phenols is 1. The molecule has 2 bridgehead atoms. The summed E-state index contributed by atoms with van der Waals surface area (Å²) in [5.41, 5.74) is 18.1. The van der Waals surface area contributed by atoms with Gasteiger partial charge in [-0.2, -0.15) is 0 Å². The molecule has 0 atom stereocenters. The molecule has 0 saturated heterocycles. The fraction of sp³-hybridized carbons (Fsp3) is 0.160. The zero-order valence-electron chi connectivity index (χ0n) is 31.0. The fourth-order valence-corrected chi connectivity index (χ4v) is 9.18. The van der Waals surface area contributed by atoms with E-state index in [0.717, 1.165) is 44.9 Å². The lowest BCUT2D eigenvalue weighted by atomic mass is 9.61. The van der Waals surface area contributed by atoms with Gasteiger partial charge in [-0.3, -0.25) is 4.57 Å². The van der Waals surface area contributed by atoms with Crippen LogP contribution >= 0.6 is 0 Å². The second kappa shape index (κ2) is 12.4. The number of para-hydroxylation sites is 3. The molecule has 2 heterocycles. The van der Waals surface area contributed by atoms with Crippen LogP contribution < -0.4 is 0 Å². The Hall–Kier alpha value is -6.26. The summed E-state index contributed by atoms with van der Waals surface area (Å²) < 4.78 is 2.37. The van der Waals surface area contributed by atoms with Crippen molar-refractivity contribution in [2.45, 2.75) is 51.4 Å². The molecule has 0 saturated carbocycles. The standard InChI is InChI=1S/C50H41N3O/c1-29(2)33-20-12-21-34(30(3)4)49(33)53-45-25-10-9-22-44(45)52-50(53)32-15-11-14-31(26-32)42-23-13-24-43(51-42)41-27-39-40(28-46(41)54)48-37-18-7-5-16-35(37)47(39)36-17-6-8-19-38(36)48/h5-30,47-48,54H,1-4H3. The lowest BCUT2D eigenvalue weighted by Gasteiger charge is -2.42. The molecule has 3 aliphatic rings. The van der Waals surface area contributed by atoms with Crippen molar-refractivity contribution in [3.05, 3.63) is 190 Å². The maximum atomic E-state index is 11.7. The molecule has 6 aromatic carbocycles. The van der Waals surface area contributed by atoms with Crippen LogP contribution in [0.1, 0.15) is 95.9 Å². The summed E-state index contributed by atoms with van der Waals surface area (Å²) in [7, 11) is 0. The number of aromatic nitrogens is 3. The number of benzene rings is 6. The van der Waals surface area contributed by atoms with E-state index in [0.29, 0.717) is 11.8 Å². The van der Waals surface area contributed by atoms with Gasteiger partial charge in [0.2, 0.25) is 0 Å². The van der Waals surface area contributed by atoms with Gasteiger partial charge in [0.15, 0.2) is 0 Å². The molecule has 4 heteroatoms. The van der Waals surface area contributed by atoms with Crippen LogP contribution in [0.4, 0.5) is 0 Å². The zero-order valence-corrected chi connectivity index (χ0v) is 31.0. The quantitative estimate of drug-likeness (QED) is 0.188. The number of rotatable bonds is 6. The van der Waals surface area contributed by atoms with E-state index < -0.39 is 0 Å². The van der Waals surface area contributed by atoms with Crippen molar-refractivity contribution in [3.63, 3.8) is 0 Å². The smallest absolute Gasteiger partial charge is 0.145 e. The third kappa shape index (κ3) is 4.90. The number of hydrogen-bond donors (Lipinski definition) is 1. The molecule has 0 amide bonds. The van der Waals surface area contributed by atoms with Crippen molar-refractivity contribution in [1.82, 2.24) is 14.5 Å². The summed E-state index contributed by atoms with van der Waals surface area (Å²) in [5, 5.41) is 11.7. The third-order valence-corrected chi connectivity index (χ3v) is 11.6. The second-order valence-corrected chi connectivity index (χ2v) is 15.5. The molecular weight excluding hydrogens is 659 g/mol. The van der Waals surface area contributed by atoms with Gasteiger partial charge in [0.1, 0.15) is 11.6 Å². The summed E-state index contributed by atoms with van der Waals surface area (Å²) in [4.78, 5) is 10.5. The Bertz CT molecular complexity index is 2700. The van der Waals surface area contributed by atoms with Crippen molar-refractivity contribution in [2.75, 3.05) is 0 Å². The molecular formula is C50H41N3O. The molecule has 262 valence electrons. The minimum Gasteiger partial charge on any atom is -0.507 e. The van der Waals surface area contributed by atoms with E-state index in [9.17, 15) is 5.11 Å². The number of aromatic hydroxyl groups is 1. The summed E-state index contributed by atoms with van der Waals surface area (Å²) >= 11 is 0. The Morgan fingerprint density at radius 2 is 1.04 bits per heavy atom. The van der Waals surface area contributed by atoms with Gasteiger partial charge in [0, 0.05) is 28.5 Å². The van der Waals surface area contributed by atoms with E-state index in [1.54, 1.807) is 0 Å². The van der Waals surface area contributed by atoms with Crippen molar-refractivity contribution in [1.29, 1.82) is 0 Å². The van der Waals surface area contributed by atoms with Crippen LogP contribution in [0.25, 0.3) is 50.6 Å². The van der Waals surface area contributed by atoms with Crippen molar-refractivity contribution in [2.24, 2.45) is 0 Å². The number of hydrogen-bond acceptors (Lipinski definition) is 3. The van der Waals surface area contributed by atoms with Crippen LogP contribution in [-0.4, -0.2) is 19.6 Å². The Labute approximate surface area is 316 Å². The molecule has 0 radical (unpaired) electrons. The van der Waals surface area contributed by atoms with Crippen molar-refractivity contribution < 1.29 is 5.11 Å². The van der Waals surface area contributed by atoms with Gasteiger partial charge in [-0.25, -0.2) is 9.97 Å². The first-order chi connectivity index (χ1) is 26.4. The molecule has 0 fully saturated rings. The molecule has 3 aliphatic carbocycles. The largest absolute Gasteiger partial charge is 0.507 e. The van der Waals surface area contributed by atoms with E-state index in [2.05, 4.69) is 160 Å². The lowest BCUT2D eigenvalue weighted by molar-refractivity contribution is 0.475. The van der Waals surface area contributed by atoms with Crippen LogP contribution in [0, 0.1) is 0 Å². The maximum Gasteiger partial charge on any atom is 0.145 e. The van der Waals surface area contributed by atoms with Gasteiger partial charge in [0.25, 0.3) is 0 Å². The molecule has 1 N–H and O–H groups in total. The highest BCUT2D eigenvalue weighted by Gasteiger charge is 2.41. The highest BCUT2D eigenvalue weighted by molar-refractivity contribution is 5.85. The SMILES string of the molecule is CC(C)c1cccc(C(C)C)c1-n1c(-c2cccc(-c3cccc(-c4cc5c(cc4O)C4c6ccccc6C5c5ccccc54)n3)c2)nc2ccccc21. The first kappa shape index (κ1) is 32.4. The van der Waals surface area contributed by atoms with Crippen LogP contribution in [-0.2, 0) is 0 Å². The van der Waals surface area contributed by atoms with E-state index in [1.807, 2.05) is 18.2 Å². The molecule has 11 rings (SSSR count). The molecule has 0 spiro atoms. The Balaban J connectivity index is 1.09. The number of pyridine rings is 1. The molecule has 0 aliphatic heterocycles. The average Bonchev–Trinajstić information content (AvgIpc) is 3.59. The van der Waals surface area contributed by atoms with E-state index >= 15 is 0 Å². The third-order valence-electron chi connectivity index (χ3n) is 11.6. The number of fused-ring (bicyclic) bond motifs is 1. The zero-order chi connectivity index (χ0) is 36.7. The van der Waals surface area contributed by atoms with E-state index in [4.69, 9.17) is 9.97 Å². The molecule has 2 aromatic heterocycles. The number of nitrogens with zero attached hydrogens (tertiary/aromatic N) is 3. The van der Waals surface area contributed by atoms with Crippen molar-refractivity contribution in [3.8, 4) is 45.3 Å². The highest BCUT2D eigenvalue weighted by Crippen LogP contribution is 2.57. The maximum absolute atomic E-state index is 11.7. The first-order valence-electron chi connectivity index (χ1n) is 19.1. The number of phenolic OH excluding ortho intramolecular Hbond substituents is 1. The van der Waals surface area contributed by atoms with Gasteiger partial charge in [0.05, 0.1) is 28.1 Å². The summed E-state index contributed by atoms with van der Waals surface area (Å²) in [6.07, 6.45) is 0. The number of imidazole rings is 1. The normalized spacial score (nSPS) is 15.4. The molecule has 8 aromatic rings. The first-order valence-corrected chi connectivity index (χ1v) is 19.1. The summed E-state index contributed by atoms with van der Waals surface area (Å²) in [6, 6.07) is 51.6. The Morgan fingerprint density at radius 1 is 0.500 bits per heavy atom. The van der Waals surface area contributed by atoms with E-state index in [-0.39, 0.29) is 17.6 Å². The Kier molecular flexibility index (Phi) is 7.45. The van der Waals surface area contributed by atoms with Crippen LogP contribution in [0.3, 0.4) is 0 Å². The molecule has 0 unspecified atom stereocenters. The van der Waals surface area contributed by atoms with Crippen LogP contribution in [0.15, 0.2) is 146 Å². The predicted molar refractivity (Wildman–Crippen MR) is 220 cm³/mol.